The molecule has 4 aromatic carbocycles. The molecule has 10 rings (SSSR count). The number of rotatable bonds is 6. The maximum Gasteiger partial charge on any atom is 0.417 e. The Labute approximate surface area is 406 Å². The number of nitrogens with one attached hydrogen (secondary N) is 4. The molecule has 4 aromatic rings. The molecule has 4 bridgehead atoms. The maximum absolute atomic E-state index is 13.5. The van der Waals surface area contributed by atoms with Gasteiger partial charge in [-0.25, -0.2) is 19.4 Å². The first-order chi connectivity index (χ1) is 33.8. The van der Waals surface area contributed by atoms with Crippen molar-refractivity contribution in [1.82, 2.24) is 10.6 Å². The second-order valence-corrected chi connectivity index (χ2v) is 19.3. The zero-order valence-electron chi connectivity index (χ0n) is 38.4. The minimum absolute atomic E-state index is 0.237. The number of nitriles is 2. The topological polar surface area (TPSA) is 223 Å². The van der Waals surface area contributed by atoms with Crippen molar-refractivity contribution in [2.45, 2.75) is 87.4 Å². The Kier molecular flexibility index (Phi) is 11.6. The minimum Gasteiger partial charge on any atom is -0.365 e. The fourth-order valence-corrected chi connectivity index (χ4v) is 11.7. The summed E-state index contributed by atoms with van der Waals surface area (Å²) in [5.41, 5.74) is -7.79. The summed E-state index contributed by atoms with van der Waals surface area (Å²) in [4.78, 5) is 80.6. The van der Waals surface area contributed by atoms with E-state index in [0.29, 0.717) is 23.5 Å². The number of para-hydroxylation sites is 2. The molecule has 8 amide bonds. The van der Waals surface area contributed by atoms with Gasteiger partial charge in [0.1, 0.15) is 0 Å². The Bertz CT molecular complexity index is 2850. The SMILES string of the molecule is C[C@]12CC(NC(=O)Nc3ccccc3)[C@](C)(O1)[C@@H]1C(=O)N(c3ccc(C#N)c(C(F)(F)F)c3)C(=O)[C@@H]12.C[C@]12O[C@](C)(C[C@@H]1NC(=O)Nc1ccccc1)[C@H]1C(=O)N(c3ccc(C#N)c(C(F)(F)F)c3)C(=O)[C@H]12. The third-order valence-corrected chi connectivity index (χ3v) is 14.7. The smallest absolute Gasteiger partial charge is 0.365 e. The van der Waals surface area contributed by atoms with Gasteiger partial charge in [0.2, 0.25) is 23.6 Å². The van der Waals surface area contributed by atoms with Crippen molar-refractivity contribution in [2.24, 2.45) is 23.7 Å². The third-order valence-electron chi connectivity index (χ3n) is 14.7. The second kappa shape index (κ2) is 16.9. The van der Waals surface area contributed by atoms with Crippen molar-refractivity contribution < 1.29 is 64.6 Å². The molecule has 16 nitrogen and oxygen atoms in total. The van der Waals surface area contributed by atoms with Gasteiger partial charge in [-0.15, -0.1) is 0 Å². The molecule has 4 N–H and O–H groups in total. The molecule has 72 heavy (non-hydrogen) atoms. The third kappa shape index (κ3) is 7.85. The van der Waals surface area contributed by atoms with E-state index in [1.54, 1.807) is 88.4 Å². The predicted octanol–water partition coefficient (Wildman–Crippen LogP) is 7.65. The van der Waals surface area contributed by atoms with Gasteiger partial charge >= 0.3 is 24.4 Å². The molecule has 0 radical (unpaired) electrons. The van der Waals surface area contributed by atoms with Crippen molar-refractivity contribution in [3.63, 3.8) is 0 Å². The highest BCUT2D eigenvalue weighted by Crippen LogP contribution is 2.62. The Hall–Kier alpha value is -7.82. The minimum atomic E-state index is -4.84. The molecule has 0 saturated carbocycles. The van der Waals surface area contributed by atoms with Gasteiger partial charge in [0.15, 0.2) is 0 Å². The summed E-state index contributed by atoms with van der Waals surface area (Å²) in [7, 11) is 0. The van der Waals surface area contributed by atoms with Crippen molar-refractivity contribution in [3.8, 4) is 12.1 Å². The first-order valence-electron chi connectivity index (χ1n) is 22.4. The van der Waals surface area contributed by atoms with Crippen LogP contribution in [0.2, 0.25) is 0 Å². The number of fused-ring (bicyclic) bond motifs is 10. The van der Waals surface area contributed by atoms with Crippen molar-refractivity contribution in [3.05, 3.63) is 119 Å². The number of halogens is 6. The first-order valence-corrected chi connectivity index (χ1v) is 22.4. The molecular formula is C50H42F6N8O8. The molecule has 6 fully saturated rings. The number of carbonyl (C=O) groups is 6. The van der Waals surface area contributed by atoms with E-state index in [1.807, 2.05) is 0 Å². The largest absolute Gasteiger partial charge is 0.417 e. The number of alkyl halides is 6. The van der Waals surface area contributed by atoms with Gasteiger partial charge < -0.3 is 30.7 Å². The molecule has 6 aliphatic heterocycles. The number of imide groups is 2. The van der Waals surface area contributed by atoms with E-state index in [4.69, 9.17) is 20.0 Å². The quantitative estimate of drug-likeness (QED) is 0.109. The van der Waals surface area contributed by atoms with Crippen LogP contribution < -0.4 is 31.1 Å². The number of nitrogens with zero attached hydrogens (tertiary/aromatic N) is 4. The van der Waals surface area contributed by atoms with Crippen LogP contribution in [0.4, 0.5) is 58.7 Å². The number of anilines is 4. The van der Waals surface area contributed by atoms with E-state index in [-0.39, 0.29) is 24.2 Å². The van der Waals surface area contributed by atoms with E-state index in [1.165, 1.54) is 12.1 Å². The van der Waals surface area contributed by atoms with E-state index in [2.05, 4.69) is 21.3 Å². The summed E-state index contributed by atoms with van der Waals surface area (Å²) in [6.07, 6.45) is -9.21. The molecule has 6 heterocycles. The summed E-state index contributed by atoms with van der Waals surface area (Å²) in [5, 5.41) is 29.2. The molecule has 10 atom stereocenters. The second-order valence-electron chi connectivity index (χ2n) is 19.3. The van der Waals surface area contributed by atoms with Crippen molar-refractivity contribution >= 4 is 58.4 Å². The van der Waals surface area contributed by atoms with Gasteiger partial charge in [0.05, 0.1) is 104 Å². The Morgan fingerprint density at radius 1 is 0.556 bits per heavy atom. The average Bonchev–Trinajstić information content (AvgIpc) is 4.06. The molecular weight excluding hydrogens is 955 g/mol. The van der Waals surface area contributed by atoms with Gasteiger partial charge in [0.25, 0.3) is 0 Å². The fraction of sp³-hybridized carbons (Fsp3) is 0.360. The monoisotopic (exact) mass is 996 g/mol. The van der Waals surface area contributed by atoms with Gasteiger partial charge in [-0.2, -0.15) is 36.9 Å². The first kappa shape index (κ1) is 49.2. The predicted molar refractivity (Wildman–Crippen MR) is 241 cm³/mol. The van der Waals surface area contributed by atoms with Gasteiger partial charge in [-0.3, -0.25) is 19.2 Å². The molecule has 1 unspecified atom stereocenters. The molecule has 6 saturated heterocycles. The number of urea groups is 2. The lowest BCUT2D eigenvalue weighted by Gasteiger charge is -2.35. The van der Waals surface area contributed by atoms with Crippen LogP contribution in [-0.2, 0) is 41.0 Å². The highest BCUT2D eigenvalue weighted by atomic mass is 19.4. The highest BCUT2D eigenvalue weighted by molar-refractivity contribution is 6.24. The van der Waals surface area contributed by atoms with Gasteiger partial charge in [-0.1, -0.05) is 36.4 Å². The fourth-order valence-electron chi connectivity index (χ4n) is 11.7. The number of amides is 8. The summed E-state index contributed by atoms with van der Waals surface area (Å²) in [6, 6.07) is 23.6. The molecule has 372 valence electrons. The Morgan fingerprint density at radius 2 is 0.889 bits per heavy atom. The number of benzene rings is 4. The average molecular weight is 997 g/mol. The van der Waals surface area contributed by atoms with Gasteiger partial charge in [0, 0.05) is 24.2 Å². The molecule has 22 heteroatoms. The van der Waals surface area contributed by atoms with Crippen LogP contribution in [0.5, 0.6) is 0 Å². The normalized spacial score (nSPS) is 30.8. The van der Waals surface area contributed by atoms with E-state index >= 15 is 0 Å². The molecule has 6 aliphatic rings. The molecule has 0 aromatic heterocycles. The highest BCUT2D eigenvalue weighted by Gasteiger charge is 2.77. The lowest BCUT2D eigenvalue weighted by Crippen LogP contribution is -2.57. The summed E-state index contributed by atoms with van der Waals surface area (Å²) in [5.74, 6) is -6.59. The summed E-state index contributed by atoms with van der Waals surface area (Å²) >= 11 is 0. The Balaban J connectivity index is 0.000000178. The number of carbonyl (C=O) groups excluding carboxylic acids is 6. The summed E-state index contributed by atoms with van der Waals surface area (Å²) < 4.78 is 93.4. The van der Waals surface area contributed by atoms with Crippen LogP contribution in [0, 0.1) is 46.3 Å². The number of hydrogen-bond acceptors (Lipinski definition) is 10. The van der Waals surface area contributed by atoms with Crippen molar-refractivity contribution in [1.29, 1.82) is 10.5 Å². The molecule has 0 aliphatic carbocycles. The zero-order chi connectivity index (χ0) is 52.1. The van der Waals surface area contributed by atoms with Gasteiger partial charge in [-0.05, 0) is 88.4 Å². The maximum atomic E-state index is 13.5. The summed E-state index contributed by atoms with van der Waals surface area (Å²) in [6.45, 7) is 6.60. The number of ether oxygens (including phenoxy) is 2. The van der Waals surface area contributed by atoms with E-state index in [0.717, 1.165) is 34.1 Å². The van der Waals surface area contributed by atoms with Crippen LogP contribution in [0.3, 0.4) is 0 Å². The zero-order valence-corrected chi connectivity index (χ0v) is 38.4. The Morgan fingerprint density at radius 3 is 1.21 bits per heavy atom. The molecule has 0 spiro atoms. The van der Waals surface area contributed by atoms with Crippen LogP contribution in [-0.4, -0.2) is 70.2 Å². The van der Waals surface area contributed by atoms with Crippen LogP contribution in [0.25, 0.3) is 0 Å². The standard InChI is InChI=1S/2C25H21F3N4O4/c2*1-23-11-17(31-22(35)30-14-6-4-3-5-7-14)24(2,36-23)19-18(23)20(33)32(21(19)34)15-9-8-13(12-29)16(10-15)25(26,27)28/h2*3-10,17-19H,11H2,1-2H3,(H2,30,31,35)/t17?,18-,19+,23-,24+;17-,18+,19-,23+,24-/m10/s1. The lowest BCUT2D eigenvalue weighted by molar-refractivity contribution is -0.138. The number of hydrogen-bond donors (Lipinski definition) is 4. The van der Waals surface area contributed by atoms with Crippen LogP contribution >= 0.6 is 0 Å². The van der Waals surface area contributed by atoms with E-state index in [9.17, 15) is 55.1 Å². The van der Waals surface area contributed by atoms with Crippen molar-refractivity contribution in [2.75, 3.05) is 20.4 Å². The lowest BCUT2D eigenvalue weighted by atomic mass is 9.66. The van der Waals surface area contributed by atoms with Crippen LogP contribution in [0.1, 0.15) is 62.8 Å². The van der Waals surface area contributed by atoms with E-state index < -0.39 is 128 Å². The van der Waals surface area contributed by atoms with Crippen LogP contribution in [0.15, 0.2) is 97.1 Å².